The molecule has 0 bridgehead atoms. The maximum absolute atomic E-state index is 13.0. The molecule has 0 aliphatic carbocycles. The first kappa shape index (κ1) is 17.8. The predicted octanol–water partition coefficient (Wildman–Crippen LogP) is 4.23. The van der Waals surface area contributed by atoms with E-state index < -0.39 is 0 Å². The van der Waals surface area contributed by atoms with Gasteiger partial charge in [0.05, 0.1) is 0 Å². The molecule has 0 fully saturated rings. The van der Waals surface area contributed by atoms with Crippen LogP contribution < -0.4 is 0 Å². The Bertz CT molecular complexity index is 1080. The van der Waals surface area contributed by atoms with E-state index in [4.69, 9.17) is 0 Å². The number of benzene rings is 3. The Morgan fingerprint density at radius 2 is 1.45 bits per heavy atom. The van der Waals surface area contributed by atoms with Gasteiger partial charge in [-0.3, -0.25) is 19.4 Å². The van der Waals surface area contributed by atoms with E-state index in [1.807, 2.05) is 42.5 Å². The first-order valence-corrected chi connectivity index (χ1v) is 10.1. The van der Waals surface area contributed by atoms with Gasteiger partial charge < -0.3 is 0 Å². The van der Waals surface area contributed by atoms with Crippen LogP contribution in [-0.4, -0.2) is 47.8 Å². The number of rotatable bonds is 4. The first-order chi connectivity index (χ1) is 14.2. The van der Waals surface area contributed by atoms with Crippen molar-refractivity contribution in [2.75, 3.05) is 26.2 Å². The summed E-state index contributed by atoms with van der Waals surface area (Å²) < 4.78 is 0. The van der Waals surface area contributed by atoms with Crippen molar-refractivity contribution in [2.24, 2.45) is 0 Å². The standard InChI is InChI=1S/C25H22N2O2/c28-24-21-10-4-8-20-9-5-11-22(23(20)21)25(29)27(24)17-16-26-14-12-19(13-15-26)18-6-2-1-3-7-18/h1-12H,13-17H2. The van der Waals surface area contributed by atoms with Crippen molar-refractivity contribution in [1.29, 1.82) is 0 Å². The molecule has 0 radical (unpaired) electrons. The lowest BCUT2D eigenvalue weighted by Gasteiger charge is -2.31. The third-order valence-corrected chi connectivity index (χ3v) is 5.93. The van der Waals surface area contributed by atoms with Crippen molar-refractivity contribution in [3.8, 4) is 0 Å². The molecule has 2 aliphatic heterocycles. The van der Waals surface area contributed by atoms with Crippen molar-refractivity contribution in [3.05, 3.63) is 89.5 Å². The summed E-state index contributed by atoms with van der Waals surface area (Å²) in [5, 5.41) is 1.73. The van der Waals surface area contributed by atoms with Crippen LogP contribution in [0.1, 0.15) is 32.7 Å². The normalized spacial score (nSPS) is 17.0. The van der Waals surface area contributed by atoms with Crippen LogP contribution in [0.3, 0.4) is 0 Å². The van der Waals surface area contributed by atoms with Gasteiger partial charge in [-0.25, -0.2) is 0 Å². The van der Waals surface area contributed by atoms with Crippen LogP contribution in [0.2, 0.25) is 0 Å². The molecule has 2 amide bonds. The second-order valence-electron chi connectivity index (χ2n) is 7.62. The van der Waals surface area contributed by atoms with Gasteiger partial charge in [0.1, 0.15) is 0 Å². The fourth-order valence-electron chi connectivity index (χ4n) is 4.35. The van der Waals surface area contributed by atoms with Crippen LogP contribution in [0.4, 0.5) is 0 Å². The van der Waals surface area contributed by atoms with E-state index in [0.29, 0.717) is 24.2 Å². The average Bonchev–Trinajstić information content (AvgIpc) is 2.78. The molecule has 3 aromatic rings. The Labute approximate surface area is 170 Å². The van der Waals surface area contributed by atoms with E-state index in [1.165, 1.54) is 16.0 Å². The Balaban J connectivity index is 1.30. The number of hydrogen-bond acceptors (Lipinski definition) is 3. The van der Waals surface area contributed by atoms with Crippen molar-refractivity contribution < 1.29 is 9.59 Å². The quantitative estimate of drug-likeness (QED) is 0.634. The minimum absolute atomic E-state index is 0.183. The molecule has 0 spiro atoms. The molecule has 2 heterocycles. The molecule has 0 atom stereocenters. The molecular weight excluding hydrogens is 360 g/mol. The van der Waals surface area contributed by atoms with E-state index in [0.717, 1.165) is 30.3 Å². The van der Waals surface area contributed by atoms with Gasteiger partial charge in [0, 0.05) is 42.7 Å². The average molecular weight is 382 g/mol. The van der Waals surface area contributed by atoms with Gasteiger partial charge in [0.2, 0.25) is 0 Å². The number of hydrogen-bond donors (Lipinski definition) is 0. The van der Waals surface area contributed by atoms with E-state index in [9.17, 15) is 9.59 Å². The minimum Gasteiger partial charge on any atom is -0.298 e. The highest BCUT2D eigenvalue weighted by Gasteiger charge is 2.32. The van der Waals surface area contributed by atoms with Crippen LogP contribution in [-0.2, 0) is 0 Å². The maximum Gasteiger partial charge on any atom is 0.261 e. The summed E-state index contributed by atoms with van der Waals surface area (Å²) in [4.78, 5) is 29.7. The number of amides is 2. The lowest BCUT2D eigenvalue weighted by molar-refractivity contribution is 0.0594. The smallest absolute Gasteiger partial charge is 0.261 e. The van der Waals surface area contributed by atoms with Gasteiger partial charge in [0.25, 0.3) is 11.8 Å². The third-order valence-electron chi connectivity index (χ3n) is 5.93. The molecule has 0 saturated heterocycles. The van der Waals surface area contributed by atoms with Crippen LogP contribution in [0.25, 0.3) is 16.3 Å². The van der Waals surface area contributed by atoms with Gasteiger partial charge in [-0.1, -0.05) is 60.7 Å². The number of carbonyl (C=O) groups excluding carboxylic acids is 2. The Hall–Kier alpha value is -3.24. The van der Waals surface area contributed by atoms with Crippen molar-refractivity contribution in [1.82, 2.24) is 9.80 Å². The lowest BCUT2D eigenvalue weighted by Crippen LogP contribution is -2.45. The zero-order chi connectivity index (χ0) is 19.8. The molecule has 2 aliphatic rings. The SMILES string of the molecule is O=C1c2cccc3cccc(c23)C(=O)N1CCN1CC=C(c2ccccc2)CC1. The van der Waals surface area contributed by atoms with Gasteiger partial charge in [-0.15, -0.1) is 0 Å². The summed E-state index contributed by atoms with van der Waals surface area (Å²) in [6.45, 7) is 2.88. The van der Waals surface area contributed by atoms with Crippen molar-refractivity contribution >= 4 is 28.2 Å². The van der Waals surface area contributed by atoms with Crippen LogP contribution in [0.15, 0.2) is 72.8 Å². The fourth-order valence-corrected chi connectivity index (χ4v) is 4.35. The second kappa shape index (κ2) is 7.30. The Kier molecular flexibility index (Phi) is 4.49. The topological polar surface area (TPSA) is 40.6 Å². The molecule has 0 N–H and O–H groups in total. The van der Waals surface area contributed by atoms with E-state index in [2.05, 4.69) is 35.2 Å². The van der Waals surface area contributed by atoms with Gasteiger partial charge in [-0.2, -0.15) is 0 Å². The highest BCUT2D eigenvalue weighted by Crippen LogP contribution is 2.30. The lowest BCUT2D eigenvalue weighted by atomic mass is 9.94. The van der Waals surface area contributed by atoms with Crippen molar-refractivity contribution in [3.63, 3.8) is 0 Å². The second-order valence-corrected chi connectivity index (χ2v) is 7.62. The largest absolute Gasteiger partial charge is 0.298 e. The summed E-state index contributed by atoms with van der Waals surface area (Å²) in [5.41, 5.74) is 3.90. The van der Waals surface area contributed by atoms with E-state index >= 15 is 0 Å². The van der Waals surface area contributed by atoms with Gasteiger partial charge in [-0.05, 0) is 35.1 Å². The molecule has 4 nitrogen and oxygen atoms in total. The third kappa shape index (κ3) is 3.15. The van der Waals surface area contributed by atoms with E-state index in [-0.39, 0.29) is 11.8 Å². The maximum atomic E-state index is 13.0. The highest BCUT2D eigenvalue weighted by atomic mass is 16.2. The molecule has 0 unspecified atom stereocenters. The van der Waals surface area contributed by atoms with E-state index in [1.54, 1.807) is 0 Å². The van der Waals surface area contributed by atoms with Crippen LogP contribution >= 0.6 is 0 Å². The number of nitrogens with zero attached hydrogens (tertiary/aromatic N) is 2. The fraction of sp³-hybridized carbons (Fsp3) is 0.200. The van der Waals surface area contributed by atoms with Gasteiger partial charge in [0.15, 0.2) is 0 Å². The predicted molar refractivity (Wildman–Crippen MR) is 115 cm³/mol. The summed E-state index contributed by atoms with van der Waals surface area (Å²) >= 11 is 0. The molecule has 5 rings (SSSR count). The number of carbonyl (C=O) groups is 2. The van der Waals surface area contributed by atoms with Crippen LogP contribution in [0, 0.1) is 0 Å². The molecule has 4 heteroatoms. The molecule has 144 valence electrons. The summed E-state index contributed by atoms with van der Waals surface area (Å²) in [6.07, 6.45) is 3.24. The Morgan fingerprint density at radius 3 is 2.07 bits per heavy atom. The molecular formula is C25H22N2O2. The summed E-state index contributed by atoms with van der Waals surface area (Å²) in [7, 11) is 0. The number of imide groups is 1. The first-order valence-electron chi connectivity index (χ1n) is 10.1. The molecule has 3 aromatic carbocycles. The van der Waals surface area contributed by atoms with Gasteiger partial charge >= 0.3 is 0 Å². The zero-order valence-electron chi connectivity index (χ0n) is 16.2. The monoisotopic (exact) mass is 382 g/mol. The molecule has 0 aromatic heterocycles. The Morgan fingerprint density at radius 1 is 0.759 bits per heavy atom. The van der Waals surface area contributed by atoms with Crippen LogP contribution in [0.5, 0.6) is 0 Å². The highest BCUT2D eigenvalue weighted by molar-refractivity contribution is 6.25. The zero-order valence-corrected chi connectivity index (χ0v) is 16.2. The summed E-state index contributed by atoms with van der Waals surface area (Å²) in [6, 6.07) is 21.8. The molecule has 29 heavy (non-hydrogen) atoms. The van der Waals surface area contributed by atoms with Crippen molar-refractivity contribution in [2.45, 2.75) is 6.42 Å². The summed E-state index contributed by atoms with van der Waals surface area (Å²) in [5.74, 6) is -0.367. The minimum atomic E-state index is -0.183. The molecule has 0 saturated carbocycles.